The van der Waals surface area contributed by atoms with E-state index in [1.807, 2.05) is 6.92 Å². The summed E-state index contributed by atoms with van der Waals surface area (Å²) in [5.41, 5.74) is -0.844. The lowest BCUT2D eigenvalue weighted by Crippen LogP contribution is -2.51. The molecule has 1 aliphatic heterocycles. The second-order valence-corrected chi connectivity index (χ2v) is 9.22. The number of fused-ring (bicyclic) bond motifs is 1. The second kappa shape index (κ2) is 4.06. The summed E-state index contributed by atoms with van der Waals surface area (Å²) in [6.07, 6.45) is 3.58. The highest BCUT2D eigenvalue weighted by Gasteiger charge is 2.82. The number of esters is 1. The van der Waals surface area contributed by atoms with Crippen LogP contribution in [-0.4, -0.2) is 33.9 Å². The number of rotatable bonds is 1. The predicted octanol–water partition coefficient (Wildman–Crippen LogP) is 2.14. The Kier molecular flexibility index (Phi) is 2.53. The molecular formula is C19H24O5. The van der Waals surface area contributed by atoms with Gasteiger partial charge in [-0.3, -0.25) is 9.59 Å². The van der Waals surface area contributed by atoms with Gasteiger partial charge in [-0.05, 0) is 50.4 Å². The largest absolute Gasteiger partial charge is 0.481 e. The van der Waals surface area contributed by atoms with Crippen LogP contribution in [-0.2, 0) is 14.3 Å². The first kappa shape index (κ1) is 14.9. The van der Waals surface area contributed by atoms with Gasteiger partial charge in [-0.2, -0.15) is 0 Å². The van der Waals surface area contributed by atoms with Crippen molar-refractivity contribution in [3.8, 4) is 0 Å². The summed E-state index contributed by atoms with van der Waals surface area (Å²) in [7, 11) is 0. The van der Waals surface area contributed by atoms with Crippen LogP contribution in [0.15, 0.2) is 12.2 Å². The molecule has 5 heteroatoms. The smallest absolute Gasteiger partial charge is 0.312 e. The van der Waals surface area contributed by atoms with Gasteiger partial charge in [0.05, 0.1) is 17.4 Å². The van der Waals surface area contributed by atoms with Gasteiger partial charge in [0.25, 0.3) is 0 Å². The van der Waals surface area contributed by atoms with Crippen molar-refractivity contribution < 1.29 is 24.5 Å². The van der Waals surface area contributed by atoms with E-state index in [0.29, 0.717) is 18.8 Å². The van der Waals surface area contributed by atoms with Gasteiger partial charge >= 0.3 is 11.9 Å². The molecular weight excluding hydrogens is 308 g/mol. The van der Waals surface area contributed by atoms with Crippen LogP contribution in [0.1, 0.15) is 45.4 Å². The van der Waals surface area contributed by atoms with Crippen LogP contribution in [0.2, 0.25) is 0 Å². The zero-order valence-corrected chi connectivity index (χ0v) is 14.0. The molecule has 24 heavy (non-hydrogen) atoms. The summed E-state index contributed by atoms with van der Waals surface area (Å²) in [5, 5.41) is 20.6. The van der Waals surface area contributed by atoms with Gasteiger partial charge in [-0.15, -0.1) is 0 Å². The number of ether oxygens (including phenoxy) is 1. The standard InChI is InChI=1S/C19H24O5/c1-9-5-18-6-10(9)3-4-12(18)19-8-11(20)7-17(2,16(23)24-19)14(19)13(18)15(21)22/h10-14,20H,1,3-8H2,2H3,(H,21,22)/t10-,11+,12-,13-,14-,17+,18+,19-/m1/s1. The Bertz CT molecular complexity index is 685. The molecule has 5 nitrogen and oxygen atoms in total. The molecule has 1 saturated heterocycles. The van der Waals surface area contributed by atoms with Gasteiger partial charge in [0, 0.05) is 18.3 Å². The maximum absolute atomic E-state index is 12.7. The van der Waals surface area contributed by atoms with E-state index in [4.69, 9.17) is 4.74 Å². The van der Waals surface area contributed by atoms with Gasteiger partial charge in [-0.25, -0.2) is 0 Å². The average Bonchev–Trinajstić information content (AvgIpc) is 2.92. The van der Waals surface area contributed by atoms with Crippen LogP contribution >= 0.6 is 0 Å². The van der Waals surface area contributed by atoms with Gasteiger partial charge < -0.3 is 14.9 Å². The maximum Gasteiger partial charge on any atom is 0.312 e. The summed E-state index contributed by atoms with van der Waals surface area (Å²) in [5.74, 6) is -1.56. The van der Waals surface area contributed by atoms with Crippen molar-refractivity contribution in [3.05, 3.63) is 12.2 Å². The number of carboxylic acids is 1. The van der Waals surface area contributed by atoms with Crippen LogP contribution in [0.4, 0.5) is 0 Å². The van der Waals surface area contributed by atoms with Crippen molar-refractivity contribution in [2.24, 2.45) is 34.5 Å². The van der Waals surface area contributed by atoms with Gasteiger partial charge in [-0.1, -0.05) is 12.2 Å². The number of hydrogen-bond donors (Lipinski definition) is 2. The lowest BCUT2D eigenvalue weighted by atomic mass is 9.59. The molecule has 0 aromatic rings. The van der Waals surface area contributed by atoms with Crippen molar-refractivity contribution in [1.82, 2.24) is 0 Å². The Morgan fingerprint density at radius 3 is 2.75 bits per heavy atom. The van der Waals surface area contributed by atoms with Crippen molar-refractivity contribution in [2.45, 2.75) is 57.2 Å². The third-order valence-corrected chi connectivity index (χ3v) is 8.24. The lowest BCUT2D eigenvalue weighted by molar-refractivity contribution is -0.161. The first-order chi connectivity index (χ1) is 11.2. The van der Waals surface area contributed by atoms with E-state index in [-0.39, 0.29) is 23.2 Å². The molecule has 130 valence electrons. The van der Waals surface area contributed by atoms with E-state index in [1.54, 1.807) is 0 Å². The highest BCUT2D eigenvalue weighted by atomic mass is 16.6. The number of carbonyl (C=O) groups is 2. The quantitative estimate of drug-likeness (QED) is 0.568. The molecule has 4 aliphatic carbocycles. The highest BCUT2D eigenvalue weighted by Crippen LogP contribution is 2.77. The van der Waals surface area contributed by atoms with E-state index in [0.717, 1.165) is 25.7 Å². The Labute approximate surface area is 141 Å². The molecule has 2 N–H and O–H groups in total. The fourth-order valence-electron chi connectivity index (χ4n) is 7.78. The first-order valence-electron chi connectivity index (χ1n) is 9.06. The Hall–Kier alpha value is -1.36. The van der Waals surface area contributed by atoms with Crippen LogP contribution in [0, 0.1) is 34.5 Å². The molecule has 4 saturated carbocycles. The summed E-state index contributed by atoms with van der Waals surface area (Å²) in [6.45, 7) is 6.03. The molecule has 5 aliphatic rings. The number of carbonyl (C=O) groups excluding carboxylic acids is 1. The number of aliphatic hydroxyl groups excluding tert-OH is 1. The lowest BCUT2D eigenvalue weighted by Gasteiger charge is -2.44. The molecule has 1 spiro atoms. The number of allylic oxidation sites excluding steroid dienone is 1. The van der Waals surface area contributed by atoms with E-state index in [2.05, 4.69) is 6.58 Å². The van der Waals surface area contributed by atoms with E-state index in [9.17, 15) is 19.8 Å². The van der Waals surface area contributed by atoms with Gasteiger partial charge in [0.2, 0.25) is 0 Å². The van der Waals surface area contributed by atoms with Crippen molar-refractivity contribution >= 4 is 11.9 Å². The van der Waals surface area contributed by atoms with Crippen LogP contribution in [0.5, 0.6) is 0 Å². The highest BCUT2D eigenvalue weighted by molar-refractivity contribution is 5.84. The molecule has 0 unspecified atom stereocenters. The van der Waals surface area contributed by atoms with Crippen LogP contribution in [0.25, 0.3) is 0 Å². The summed E-state index contributed by atoms with van der Waals surface area (Å²) < 4.78 is 6.01. The van der Waals surface area contributed by atoms with E-state index < -0.39 is 29.0 Å². The minimum atomic E-state index is -0.883. The molecule has 0 radical (unpaired) electrons. The number of aliphatic carboxylic acids is 1. The van der Waals surface area contributed by atoms with Crippen molar-refractivity contribution in [1.29, 1.82) is 0 Å². The monoisotopic (exact) mass is 332 g/mol. The Morgan fingerprint density at radius 2 is 2.04 bits per heavy atom. The summed E-state index contributed by atoms with van der Waals surface area (Å²) in [4.78, 5) is 25.1. The van der Waals surface area contributed by atoms with Crippen LogP contribution in [0.3, 0.4) is 0 Å². The molecule has 0 aromatic heterocycles. The predicted molar refractivity (Wildman–Crippen MR) is 83.8 cm³/mol. The van der Waals surface area contributed by atoms with E-state index >= 15 is 0 Å². The number of hydrogen-bond acceptors (Lipinski definition) is 4. The number of carboxylic acid groups (broad SMARTS) is 1. The Morgan fingerprint density at radius 1 is 1.29 bits per heavy atom. The van der Waals surface area contributed by atoms with E-state index in [1.165, 1.54) is 5.57 Å². The fourth-order valence-corrected chi connectivity index (χ4v) is 7.78. The third-order valence-electron chi connectivity index (χ3n) is 8.24. The minimum absolute atomic E-state index is 0.0346. The third kappa shape index (κ3) is 1.36. The normalized spacial score (nSPS) is 57.5. The number of aliphatic hydroxyl groups is 1. The minimum Gasteiger partial charge on any atom is -0.481 e. The van der Waals surface area contributed by atoms with Crippen molar-refractivity contribution in [2.75, 3.05) is 0 Å². The Balaban J connectivity index is 1.75. The fraction of sp³-hybridized carbons (Fsp3) is 0.789. The molecule has 5 rings (SSSR count). The molecule has 1 heterocycles. The zero-order valence-electron chi connectivity index (χ0n) is 14.0. The van der Waals surface area contributed by atoms with Gasteiger partial charge in [0.1, 0.15) is 5.60 Å². The van der Waals surface area contributed by atoms with Crippen LogP contribution < -0.4 is 0 Å². The topological polar surface area (TPSA) is 83.8 Å². The molecule has 8 atom stereocenters. The molecule has 0 amide bonds. The molecule has 4 bridgehead atoms. The molecule has 5 fully saturated rings. The summed E-state index contributed by atoms with van der Waals surface area (Å²) >= 11 is 0. The SMILES string of the molecule is C=C1C[C@]23C[C@H]1CC[C@H]2[C@@]12C[C@@H](O)C[C@](C)(C(=O)O1)[C@H]2[C@@H]3C(=O)O. The summed E-state index contributed by atoms with van der Waals surface area (Å²) in [6, 6.07) is 0. The first-order valence-corrected chi connectivity index (χ1v) is 9.06. The molecule has 0 aromatic carbocycles. The zero-order chi connectivity index (χ0) is 17.1. The average molecular weight is 332 g/mol. The van der Waals surface area contributed by atoms with Crippen molar-refractivity contribution in [3.63, 3.8) is 0 Å². The maximum atomic E-state index is 12.7. The van der Waals surface area contributed by atoms with Gasteiger partial charge in [0.15, 0.2) is 0 Å². The second-order valence-electron chi connectivity index (χ2n) is 9.22.